The number of carbonyl (C=O) groups excluding carboxylic acids is 3. The highest BCUT2D eigenvalue weighted by atomic mass is 16.5. The number of hydrogen-bond acceptors (Lipinski definition) is 5. The molecule has 9 nitrogen and oxygen atoms in total. The van der Waals surface area contributed by atoms with Gasteiger partial charge in [-0.2, -0.15) is 0 Å². The number of carbonyl (C=O) groups is 4. The van der Waals surface area contributed by atoms with Crippen molar-refractivity contribution in [2.24, 2.45) is 5.92 Å². The number of para-hydroxylation sites is 1. The first kappa shape index (κ1) is 23.2. The van der Waals surface area contributed by atoms with Crippen LogP contribution in [-0.2, 0) is 14.4 Å². The quantitative estimate of drug-likeness (QED) is 0.672. The number of carboxylic acid groups (broad SMARTS) is 1. The van der Waals surface area contributed by atoms with Crippen LogP contribution in [0, 0.1) is 5.92 Å². The SMILES string of the molecule is CC[C@@H](C)[C@@H]1NC(=O)CC[C@@H](C(=O)O)NC(=O)c2ccccc2OCCN(C)C1=O. The molecule has 1 aromatic carbocycles. The molecule has 0 spiro atoms. The second-order valence-electron chi connectivity index (χ2n) is 7.44. The number of rotatable bonds is 3. The summed E-state index contributed by atoms with van der Waals surface area (Å²) in [5, 5.41) is 14.6. The van der Waals surface area contributed by atoms with Gasteiger partial charge in [-0.15, -0.1) is 0 Å². The summed E-state index contributed by atoms with van der Waals surface area (Å²) in [7, 11) is 1.63. The zero-order valence-electron chi connectivity index (χ0n) is 17.5. The Balaban J connectivity index is 2.33. The van der Waals surface area contributed by atoms with Crippen molar-refractivity contribution < 1.29 is 29.0 Å². The molecule has 164 valence electrons. The molecule has 3 amide bonds. The largest absolute Gasteiger partial charge is 0.491 e. The monoisotopic (exact) mass is 419 g/mol. The molecule has 0 unspecified atom stereocenters. The average molecular weight is 419 g/mol. The van der Waals surface area contributed by atoms with Crippen molar-refractivity contribution in [1.29, 1.82) is 0 Å². The maximum absolute atomic E-state index is 12.9. The fraction of sp³-hybridized carbons (Fsp3) is 0.524. The van der Waals surface area contributed by atoms with Crippen molar-refractivity contribution in [3.63, 3.8) is 0 Å². The van der Waals surface area contributed by atoms with Gasteiger partial charge in [-0.05, 0) is 24.5 Å². The lowest BCUT2D eigenvalue weighted by molar-refractivity contribution is -0.140. The summed E-state index contributed by atoms with van der Waals surface area (Å²) in [5.74, 6) is -2.33. The van der Waals surface area contributed by atoms with Crippen LogP contribution in [-0.4, -0.2) is 66.0 Å². The number of ether oxygens (including phenoxy) is 1. The molecular weight excluding hydrogens is 390 g/mol. The summed E-state index contributed by atoms with van der Waals surface area (Å²) >= 11 is 0. The molecule has 0 aliphatic carbocycles. The Bertz CT molecular complexity index is 797. The number of carboxylic acids is 1. The van der Waals surface area contributed by atoms with E-state index in [1.807, 2.05) is 13.8 Å². The van der Waals surface area contributed by atoms with Crippen molar-refractivity contribution in [3.8, 4) is 5.75 Å². The van der Waals surface area contributed by atoms with Crippen LogP contribution >= 0.6 is 0 Å². The van der Waals surface area contributed by atoms with Crippen LogP contribution in [0.25, 0.3) is 0 Å². The van der Waals surface area contributed by atoms with Crippen LogP contribution in [0.15, 0.2) is 24.3 Å². The molecule has 3 N–H and O–H groups in total. The Kier molecular flexibility index (Phi) is 8.20. The Morgan fingerprint density at radius 3 is 2.63 bits per heavy atom. The molecule has 1 aliphatic rings. The summed E-state index contributed by atoms with van der Waals surface area (Å²) in [5.41, 5.74) is 0.189. The fourth-order valence-corrected chi connectivity index (χ4v) is 3.12. The molecule has 1 heterocycles. The van der Waals surface area contributed by atoms with Gasteiger partial charge in [-0.3, -0.25) is 14.4 Å². The molecule has 0 fully saturated rings. The lowest BCUT2D eigenvalue weighted by atomic mass is 9.97. The second kappa shape index (κ2) is 10.6. The first-order valence-electron chi connectivity index (χ1n) is 10.0. The Labute approximate surface area is 175 Å². The van der Waals surface area contributed by atoms with E-state index < -0.39 is 29.9 Å². The smallest absolute Gasteiger partial charge is 0.326 e. The Morgan fingerprint density at radius 1 is 1.27 bits per heavy atom. The number of nitrogens with zero attached hydrogens (tertiary/aromatic N) is 1. The number of aliphatic carboxylic acids is 1. The lowest BCUT2D eigenvalue weighted by Crippen LogP contribution is -2.51. The molecule has 1 aliphatic heterocycles. The molecule has 0 radical (unpaired) electrons. The third kappa shape index (κ3) is 5.95. The van der Waals surface area contributed by atoms with E-state index in [4.69, 9.17) is 4.74 Å². The second-order valence-corrected chi connectivity index (χ2v) is 7.44. The minimum Gasteiger partial charge on any atom is -0.491 e. The zero-order valence-corrected chi connectivity index (χ0v) is 17.5. The standard InChI is InChI=1S/C21H29N3O6/c1-4-13(2)18-20(27)24(3)11-12-30-16-8-6-5-7-14(16)19(26)22-15(21(28)29)9-10-17(25)23-18/h5-8,13,15,18H,4,9-12H2,1-3H3,(H,22,26)(H,23,25)(H,28,29)/t13-,15+,18+/m1/s1. The van der Waals surface area contributed by atoms with Gasteiger partial charge in [0.05, 0.1) is 12.1 Å². The van der Waals surface area contributed by atoms with Gasteiger partial charge in [0.15, 0.2) is 0 Å². The molecule has 2 rings (SSSR count). The summed E-state index contributed by atoms with van der Waals surface area (Å²) in [4.78, 5) is 51.0. The van der Waals surface area contributed by atoms with E-state index in [-0.39, 0.29) is 43.4 Å². The minimum atomic E-state index is -1.25. The molecule has 0 saturated heterocycles. The van der Waals surface area contributed by atoms with Gasteiger partial charge in [-0.1, -0.05) is 32.4 Å². The maximum atomic E-state index is 12.9. The number of hydrogen-bond donors (Lipinski definition) is 3. The van der Waals surface area contributed by atoms with Crippen molar-refractivity contribution in [2.75, 3.05) is 20.2 Å². The average Bonchev–Trinajstić information content (AvgIpc) is 2.73. The normalized spacial score (nSPS) is 22.5. The number of nitrogens with one attached hydrogen (secondary N) is 2. The van der Waals surface area contributed by atoms with Crippen molar-refractivity contribution in [2.45, 2.75) is 45.2 Å². The fourth-order valence-electron chi connectivity index (χ4n) is 3.12. The zero-order chi connectivity index (χ0) is 22.3. The highest BCUT2D eigenvalue weighted by Crippen LogP contribution is 2.19. The highest BCUT2D eigenvalue weighted by Gasteiger charge is 2.30. The van der Waals surface area contributed by atoms with Gasteiger partial charge in [0.25, 0.3) is 5.91 Å². The summed E-state index contributed by atoms with van der Waals surface area (Å²) in [6, 6.07) is 4.51. The first-order valence-corrected chi connectivity index (χ1v) is 10.0. The van der Waals surface area contributed by atoms with Gasteiger partial charge >= 0.3 is 5.97 Å². The molecule has 3 atom stereocenters. The number of amides is 3. The summed E-state index contributed by atoms with van der Waals surface area (Å²) in [6.45, 7) is 4.19. The highest BCUT2D eigenvalue weighted by molar-refractivity contribution is 5.99. The van der Waals surface area contributed by atoms with Crippen molar-refractivity contribution in [1.82, 2.24) is 15.5 Å². The lowest BCUT2D eigenvalue weighted by Gasteiger charge is -2.28. The van der Waals surface area contributed by atoms with Crippen molar-refractivity contribution >= 4 is 23.7 Å². The van der Waals surface area contributed by atoms with Crippen molar-refractivity contribution in [3.05, 3.63) is 29.8 Å². The van der Waals surface area contributed by atoms with Crippen LogP contribution in [0.5, 0.6) is 5.75 Å². The molecule has 9 heteroatoms. The van der Waals surface area contributed by atoms with E-state index >= 15 is 0 Å². The van der Waals surface area contributed by atoms with E-state index in [2.05, 4.69) is 10.6 Å². The molecule has 0 aromatic heterocycles. The minimum absolute atomic E-state index is 0.101. The first-order chi connectivity index (χ1) is 14.2. The third-order valence-electron chi connectivity index (χ3n) is 5.25. The van der Waals surface area contributed by atoms with Crippen LogP contribution < -0.4 is 15.4 Å². The van der Waals surface area contributed by atoms with E-state index in [0.717, 1.165) is 0 Å². The molecule has 1 aromatic rings. The van der Waals surface area contributed by atoms with Gasteiger partial charge in [0.1, 0.15) is 24.4 Å². The topological polar surface area (TPSA) is 125 Å². The van der Waals surface area contributed by atoms with Crippen LogP contribution in [0.3, 0.4) is 0 Å². The van der Waals surface area contributed by atoms with Gasteiger partial charge in [0, 0.05) is 13.5 Å². The Morgan fingerprint density at radius 2 is 1.97 bits per heavy atom. The van der Waals surface area contributed by atoms with E-state index in [1.54, 1.807) is 25.2 Å². The maximum Gasteiger partial charge on any atom is 0.326 e. The number of fused-ring (bicyclic) bond motifs is 1. The Hall–Kier alpha value is -3.10. The predicted molar refractivity (Wildman–Crippen MR) is 109 cm³/mol. The molecule has 0 bridgehead atoms. The number of benzene rings is 1. The molecule has 0 saturated carbocycles. The van der Waals surface area contributed by atoms with E-state index in [0.29, 0.717) is 12.2 Å². The van der Waals surface area contributed by atoms with Crippen LogP contribution in [0.4, 0.5) is 0 Å². The van der Waals surface area contributed by atoms with E-state index in [1.165, 1.54) is 11.0 Å². The van der Waals surface area contributed by atoms with Gasteiger partial charge in [0.2, 0.25) is 11.8 Å². The third-order valence-corrected chi connectivity index (χ3v) is 5.25. The van der Waals surface area contributed by atoms with Crippen LogP contribution in [0.2, 0.25) is 0 Å². The summed E-state index contributed by atoms with van der Waals surface area (Å²) < 4.78 is 5.70. The number of likely N-dealkylation sites (N-methyl/N-ethyl adjacent to an activating group) is 1. The van der Waals surface area contributed by atoms with Gasteiger partial charge in [-0.25, -0.2) is 4.79 Å². The predicted octanol–water partition coefficient (Wildman–Crippen LogP) is 1.03. The van der Waals surface area contributed by atoms with E-state index in [9.17, 15) is 24.3 Å². The molecule has 30 heavy (non-hydrogen) atoms. The van der Waals surface area contributed by atoms with Gasteiger partial charge < -0.3 is 25.4 Å². The summed E-state index contributed by atoms with van der Waals surface area (Å²) in [6.07, 6.45) is 0.439. The molecular formula is C21H29N3O6. The van der Waals surface area contributed by atoms with Crippen LogP contribution in [0.1, 0.15) is 43.5 Å².